The van der Waals surface area contributed by atoms with Gasteiger partial charge in [-0.25, -0.2) is 0 Å². The Balaban J connectivity index is 2.26. The van der Waals surface area contributed by atoms with Gasteiger partial charge in [0.15, 0.2) is 0 Å². The van der Waals surface area contributed by atoms with Crippen LogP contribution in [0.5, 0.6) is 0 Å². The van der Waals surface area contributed by atoms with Gasteiger partial charge in [0, 0.05) is 33.4 Å². The molecule has 0 saturated carbocycles. The van der Waals surface area contributed by atoms with Gasteiger partial charge in [-0.1, -0.05) is 37.0 Å². The number of hydrogen-bond donors (Lipinski definition) is 0. The third-order valence-electron chi connectivity index (χ3n) is 4.29. The lowest BCUT2D eigenvalue weighted by atomic mass is 9.73. The van der Waals surface area contributed by atoms with Crippen LogP contribution < -0.4 is 4.90 Å². The second-order valence-electron chi connectivity index (χ2n) is 6.01. The van der Waals surface area contributed by atoms with E-state index in [4.69, 9.17) is 28.5 Å². The highest BCUT2D eigenvalue weighted by Crippen LogP contribution is 2.50. The highest BCUT2D eigenvalue weighted by atomic mass is 35.5. The fraction of sp³-hybridized carbons (Fsp3) is 0.278. The van der Waals surface area contributed by atoms with E-state index in [1.807, 2.05) is 36.4 Å². The number of nitrogens with zero attached hydrogens (tertiary/aromatic N) is 2. The van der Waals surface area contributed by atoms with Gasteiger partial charge in [-0.15, -0.1) is 0 Å². The molecule has 0 amide bonds. The summed E-state index contributed by atoms with van der Waals surface area (Å²) in [5.41, 5.74) is 4.35. The minimum absolute atomic E-state index is 0.191. The third kappa shape index (κ3) is 2.35. The normalized spacial score (nSPS) is 15.0. The van der Waals surface area contributed by atoms with Crippen LogP contribution in [0, 0.1) is 11.3 Å². The number of nitriles is 1. The molecule has 0 saturated heterocycles. The van der Waals surface area contributed by atoms with E-state index < -0.39 is 0 Å². The molecule has 0 spiro atoms. The largest absolute Gasteiger partial charge is 0.340 e. The molecule has 1 aliphatic heterocycles. The second kappa shape index (κ2) is 5.50. The first-order chi connectivity index (χ1) is 10.4. The number of anilines is 2. The van der Waals surface area contributed by atoms with Gasteiger partial charge in [-0.2, -0.15) is 5.26 Å². The first-order valence-electron chi connectivity index (χ1n) is 7.19. The number of rotatable bonds is 2. The Morgan fingerprint density at radius 2 is 1.50 bits per heavy atom. The molecule has 1 heterocycles. The maximum absolute atomic E-state index is 8.96. The number of benzene rings is 2. The molecule has 0 bridgehead atoms. The van der Waals surface area contributed by atoms with Crippen LogP contribution in [0.15, 0.2) is 36.4 Å². The van der Waals surface area contributed by atoms with Gasteiger partial charge in [-0.3, -0.25) is 0 Å². The molecule has 2 nitrogen and oxygen atoms in total. The van der Waals surface area contributed by atoms with Gasteiger partial charge in [0.1, 0.15) is 0 Å². The van der Waals surface area contributed by atoms with Crippen LogP contribution in [-0.4, -0.2) is 6.54 Å². The first kappa shape index (κ1) is 15.2. The molecule has 0 atom stereocenters. The van der Waals surface area contributed by atoms with Crippen molar-refractivity contribution in [2.75, 3.05) is 11.4 Å². The zero-order valence-corrected chi connectivity index (χ0v) is 14.0. The molecule has 22 heavy (non-hydrogen) atoms. The van der Waals surface area contributed by atoms with E-state index in [0.717, 1.165) is 32.5 Å². The molecular weight excluding hydrogens is 315 g/mol. The van der Waals surface area contributed by atoms with Crippen molar-refractivity contribution in [2.24, 2.45) is 0 Å². The zero-order chi connectivity index (χ0) is 15.9. The van der Waals surface area contributed by atoms with Crippen LogP contribution >= 0.6 is 23.2 Å². The van der Waals surface area contributed by atoms with E-state index in [-0.39, 0.29) is 5.41 Å². The van der Waals surface area contributed by atoms with Crippen molar-refractivity contribution in [2.45, 2.75) is 25.7 Å². The maximum Gasteiger partial charge on any atom is 0.0640 e. The van der Waals surface area contributed by atoms with Crippen molar-refractivity contribution in [3.05, 3.63) is 57.6 Å². The van der Waals surface area contributed by atoms with E-state index in [1.165, 1.54) is 0 Å². The SMILES string of the molecule is CC1(C)c2cc(Cl)ccc2N(CCC#N)c2ccc(Cl)cc21. The van der Waals surface area contributed by atoms with E-state index in [1.54, 1.807) is 0 Å². The summed E-state index contributed by atoms with van der Waals surface area (Å²) in [5.74, 6) is 0. The van der Waals surface area contributed by atoms with Crippen LogP contribution in [0.2, 0.25) is 10.0 Å². The summed E-state index contributed by atoms with van der Waals surface area (Å²) in [5, 5.41) is 10.4. The quantitative estimate of drug-likeness (QED) is 0.707. The Morgan fingerprint density at radius 1 is 1.00 bits per heavy atom. The maximum atomic E-state index is 8.96. The predicted molar refractivity (Wildman–Crippen MR) is 92.3 cm³/mol. The third-order valence-corrected chi connectivity index (χ3v) is 4.76. The summed E-state index contributed by atoms with van der Waals surface area (Å²) in [6.45, 7) is 5.01. The van der Waals surface area contributed by atoms with Crippen molar-refractivity contribution in [1.82, 2.24) is 0 Å². The summed E-state index contributed by atoms with van der Waals surface area (Å²) in [4.78, 5) is 2.19. The highest BCUT2D eigenvalue weighted by Gasteiger charge is 2.36. The molecule has 112 valence electrons. The molecule has 3 rings (SSSR count). The standard InChI is InChI=1S/C18H16Cl2N2/c1-18(2)14-10-12(19)4-6-16(14)22(9-3-8-21)17-7-5-13(20)11-15(17)18/h4-7,10-11H,3,9H2,1-2H3. The summed E-state index contributed by atoms with van der Waals surface area (Å²) in [7, 11) is 0. The molecule has 1 aliphatic rings. The molecule has 4 heteroatoms. The van der Waals surface area contributed by atoms with Crippen molar-refractivity contribution < 1.29 is 0 Å². The van der Waals surface area contributed by atoms with Crippen LogP contribution in [0.3, 0.4) is 0 Å². The summed E-state index contributed by atoms with van der Waals surface area (Å²) in [6, 6.07) is 14.1. The Bertz CT molecular complexity index is 720. The second-order valence-corrected chi connectivity index (χ2v) is 6.88. The lowest BCUT2D eigenvalue weighted by Crippen LogP contribution is -2.33. The molecule has 0 unspecified atom stereocenters. The minimum Gasteiger partial charge on any atom is -0.340 e. The van der Waals surface area contributed by atoms with Crippen LogP contribution in [0.25, 0.3) is 0 Å². The number of halogens is 2. The van der Waals surface area contributed by atoms with Gasteiger partial charge in [0.05, 0.1) is 12.5 Å². The molecule has 0 fully saturated rings. The monoisotopic (exact) mass is 330 g/mol. The van der Waals surface area contributed by atoms with Gasteiger partial charge in [0.25, 0.3) is 0 Å². The van der Waals surface area contributed by atoms with Gasteiger partial charge < -0.3 is 4.90 Å². The predicted octanol–water partition coefficient (Wildman–Crippen LogP) is 5.68. The number of hydrogen-bond acceptors (Lipinski definition) is 2. The molecule has 0 N–H and O–H groups in total. The van der Waals surface area contributed by atoms with Gasteiger partial charge in [-0.05, 0) is 47.5 Å². The highest BCUT2D eigenvalue weighted by molar-refractivity contribution is 6.31. The number of fused-ring (bicyclic) bond motifs is 2. The van der Waals surface area contributed by atoms with Crippen molar-refractivity contribution >= 4 is 34.6 Å². The van der Waals surface area contributed by atoms with Crippen molar-refractivity contribution in [1.29, 1.82) is 5.26 Å². The van der Waals surface area contributed by atoms with E-state index >= 15 is 0 Å². The van der Waals surface area contributed by atoms with Crippen LogP contribution in [-0.2, 0) is 5.41 Å². The lowest BCUT2D eigenvalue weighted by Gasteiger charge is -2.42. The van der Waals surface area contributed by atoms with Crippen LogP contribution in [0.1, 0.15) is 31.4 Å². The Hall–Kier alpha value is -1.69. The van der Waals surface area contributed by atoms with Gasteiger partial charge in [0.2, 0.25) is 0 Å². The molecule has 0 aromatic heterocycles. The molecule has 0 aliphatic carbocycles. The molecule has 0 radical (unpaired) electrons. The summed E-state index contributed by atoms with van der Waals surface area (Å²) >= 11 is 12.4. The molecule has 2 aromatic carbocycles. The van der Waals surface area contributed by atoms with Gasteiger partial charge >= 0.3 is 0 Å². The lowest BCUT2D eigenvalue weighted by molar-refractivity contribution is 0.624. The Labute approximate surface area is 140 Å². The van der Waals surface area contributed by atoms with E-state index in [2.05, 4.69) is 24.8 Å². The average Bonchev–Trinajstić information content (AvgIpc) is 2.48. The van der Waals surface area contributed by atoms with E-state index in [9.17, 15) is 0 Å². The zero-order valence-electron chi connectivity index (χ0n) is 12.5. The Morgan fingerprint density at radius 3 is 1.95 bits per heavy atom. The summed E-state index contributed by atoms with van der Waals surface area (Å²) in [6.07, 6.45) is 0.463. The van der Waals surface area contributed by atoms with Crippen molar-refractivity contribution in [3.8, 4) is 6.07 Å². The minimum atomic E-state index is -0.191. The average molecular weight is 331 g/mol. The topological polar surface area (TPSA) is 27.0 Å². The smallest absolute Gasteiger partial charge is 0.0640 e. The van der Waals surface area contributed by atoms with Crippen molar-refractivity contribution in [3.63, 3.8) is 0 Å². The Kier molecular flexibility index (Phi) is 3.80. The molecular formula is C18H16Cl2N2. The molecule has 2 aromatic rings. The summed E-state index contributed by atoms with van der Waals surface area (Å²) < 4.78 is 0. The van der Waals surface area contributed by atoms with Crippen LogP contribution in [0.4, 0.5) is 11.4 Å². The fourth-order valence-corrected chi connectivity index (χ4v) is 3.51. The fourth-order valence-electron chi connectivity index (χ4n) is 3.17. The van der Waals surface area contributed by atoms with E-state index in [0.29, 0.717) is 13.0 Å². The first-order valence-corrected chi connectivity index (χ1v) is 7.95.